The maximum absolute atomic E-state index is 4.41. The number of benzene rings is 1. The van der Waals surface area contributed by atoms with Gasteiger partial charge in [-0.2, -0.15) is 0 Å². The van der Waals surface area contributed by atoms with E-state index < -0.39 is 0 Å². The van der Waals surface area contributed by atoms with Crippen molar-refractivity contribution in [1.82, 2.24) is 5.32 Å². The lowest BCUT2D eigenvalue weighted by molar-refractivity contribution is 0.590. The van der Waals surface area contributed by atoms with E-state index in [1.807, 2.05) is 0 Å². The van der Waals surface area contributed by atoms with Crippen LogP contribution in [0.25, 0.3) is 0 Å². The molecule has 86 valence electrons. The van der Waals surface area contributed by atoms with Crippen molar-refractivity contribution in [3.8, 4) is 0 Å². The van der Waals surface area contributed by atoms with Gasteiger partial charge in [-0.15, -0.1) is 0 Å². The topological polar surface area (TPSA) is 24.4 Å². The first-order valence-electron chi connectivity index (χ1n) is 5.92. The number of hydrogen-bond acceptors (Lipinski definition) is 2. The molecule has 0 aliphatic carbocycles. The molecular weight excluding hydrogens is 196 g/mol. The van der Waals surface area contributed by atoms with E-state index in [0.717, 1.165) is 25.3 Å². The normalized spacial score (nSPS) is 15.8. The van der Waals surface area contributed by atoms with Gasteiger partial charge >= 0.3 is 0 Å². The van der Waals surface area contributed by atoms with Gasteiger partial charge in [0.05, 0.1) is 6.54 Å². The first-order chi connectivity index (χ1) is 7.55. The molecule has 2 nitrogen and oxygen atoms in total. The number of nitrogens with one attached hydrogen (secondary N) is 1. The van der Waals surface area contributed by atoms with Gasteiger partial charge in [0.15, 0.2) is 0 Å². The van der Waals surface area contributed by atoms with Crippen LogP contribution in [0.1, 0.15) is 31.9 Å². The van der Waals surface area contributed by atoms with Crippen molar-refractivity contribution in [2.45, 2.75) is 32.6 Å². The predicted molar refractivity (Wildman–Crippen MR) is 69.2 cm³/mol. The zero-order chi connectivity index (χ0) is 11.6. The van der Waals surface area contributed by atoms with Crippen LogP contribution in [0.5, 0.6) is 0 Å². The van der Waals surface area contributed by atoms with Crippen molar-refractivity contribution in [3.63, 3.8) is 0 Å². The molecular formula is C14H20N2. The minimum Gasteiger partial charge on any atom is -0.372 e. The zero-order valence-electron chi connectivity index (χ0n) is 10.4. The van der Waals surface area contributed by atoms with Crippen LogP contribution >= 0.6 is 0 Å². The van der Waals surface area contributed by atoms with E-state index in [0.29, 0.717) is 0 Å². The smallest absolute Gasteiger partial charge is 0.101 e. The Kier molecular flexibility index (Phi) is 2.99. The summed E-state index contributed by atoms with van der Waals surface area (Å²) in [6.07, 6.45) is 0.935. The van der Waals surface area contributed by atoms with Gasteiger partial charge in [-0.05, 0) is 16.5 Å². The third kappa shape index (κ3) is 2.63. The molecule has 1 aromatic rings. The third-order valence-electron chi connectivity index (χ3n) is 2.94. The van der Waals surface area contributed by atoms with Crippen LogP contribution in [-0.2, 0) is 11.8 Å². The van der Waals surface area contributed by atoms with Crippen molar-refractivity contribution in [3.05, 3.63) is 35.4 Å². The molecule has 1 N–H and O–H groups in total. The highest BCUT2D eigenvalue weighted by Crippen LogP contribution is 2.22. The van der Waals surface area contributed by atoms with E-state index in [-0.39, 0.29) is 5.41 Å². The summed E-state index contributed by atoms with van der Waals surface area (Å²) in [7, 11) is 0. The number of rotatable bonds is 2. The fraction of sp³-hybridized carbons (Fsp3) is 0.500. The second-order valence-electron chi connectivity index (χ2n) is 5.38. The summed E-state index contributed by atoms with van der Waals surface area (Å²) in [5, 5.41) is 3.30. The molecule has 0 atom stereocenters. The Morgan fingerprint density at radius 2 is 1.88 bits per heavy atom. The van der Waals surface area contributed by atoms with Gasteiger partial charge in [-0.1, -0.05) is 45.0 Å². The van der Waals surface area contributed by atoms with E-state index in [1.54, 1.807) is 0 Å². The van der Waals surface area contributed by atoms with Crippen molar-refractivity contribution in [1.29, 1.82) is 0 Å². The van der Waals surface area contributed by atoms with E-state index in [9.17, 15) is 0 Å². The first-order valence-corrected chi connectivity index (χ1v) is 5.92. The molecule has 0 aromatic heterocycles. The van der Waals surface area contributed by atoms with Gasteiger partial charge in [-0.25, -0.2) is 0 Å². The minimum absolute atomic E-state index is 0.238. The average molecular weight is 216 g/mol. The molecule has 0 radical (unpaired) electrons. The van der Waals surface area contributed by atoms with Crippen LogP contribution in [-0.4, -0.2) is 18.9 Å². The quantitative estimate of drug-likeness (QED) is 0.807. The highest BCUT2D eigenvalue weighted by Gasteiger charge is 2.13. The first kappa shape index (κ1) is 11.2. The summed E-state index contributed by atoms with van der Waals surface area (Å²) < 4.78 is 0. The Balaban J connectivity index is 2.07. The van der Waals surface area contributed by atoms with Crippen LogP contribution in [0.15, 0.2) is 29.3 Å². The second kappa shape index (κ2) is 4.28. The molecule has 0 bridgehead atoms. The minimum atomic E-state index is 0.238. The Morgan fingerprint density at radius 3 is 2.38 bits per heavy atom. The molecule has 1 aliphatic rings. The van der Waals surface area contributed by atoms with Gasteiger partial charge in [0.1, 0.15) is 5.84 Å². The zero-order valence-corrected chi connectivity index (χ0v) is 10.4. The largest absolute Gasteiger partial charge is 0.372 e. The molecule has 1 aliphatic heterocycles. The summed E-state index contributed by atoms with van der Waals surface area (Å²) in [4.78, 5) is 4.41. The van der Waals surface area contributed by atoms with Crippen LogP contribution in [0.2, 0.25) is 0 Å². The molecule has 0 saturated heterocycles. The standard InChI is InChI=1S/C14H20N2/c1-14(2,3)12-6-4-11(5-7-12)10-13-15-8-9-16-13/h4-7H,8-10H2,1-3H3,(H,15,16). The third-order valence-corrected chi connectivity index (χ3v) is 2.94. The number of amidine groups is 1. The number of aliphatic imine (C=N–C) groups is 1. The van der Waals surface area contributed by atoms with Gasteiger partial charge in [-0.3, -0.25) is 4.99 Å². The molecule has 0 amide bonds. The summed E-state index contributed by atoms with van der Waals surface area (Å²) in [6.45, 7) is 8.64. The number of hydrogen-bond donors (Lipinski definition) is 1. The van der Waals surface area contributed by atoms with E-state index >= 15 is 0 Å². The maximum atomic E-state index is 4.41. The van der Waals surface area contributed by atoms with Gasteiger partial charge < -0.3 is 5.32 Å². The van der Waals surface area contributed by atoms with Crippen LogP contribution in [0.4, 0.5) is 0 Å². The Labute approximate surface area is 97.8 Å². The van der Waals surface area contributed by atoms with Gasteiger partial charge in [0, 0.05) is 13.0 Å². The molecule has 0 saturated carbocycles. The molecule has 16 heavy (non-hydrogen) atoms. The molecule has 0 unspecified atom stereocenters. The second-order valence-corrected chi connectivity index (χ2v) is 5.38. The molecule has 1 heterocycles. The van der Waals surface area contributed by atoms with Crippen LogP contribution in [0, 0.1) is 0 Å². The number of nitrogens with zero attached hydrogens (tertiary/aromatic N) is 1. The lowest BCUT2D eigenvalue weighted by atomic mass is 9.86. The maximum Gasteiger partial charge on any atom is 0.101 e. The van der Waals surface area contributed by atoms with E-state index in [4.69, 9.17) is 0 Å². The Bertz CT molecular complexity index is 382. The molecule has 1 aromatic carbocycles. The van der Waals surface area contributed by atoms with E-state index in [2.05, 4.69) is 55.3 Å². The molecule has 0 fully saturated rings. The van der Waals surface area contributed by atoms with Crippen LogP contribution in [0.3, 0.4) is 0 Å². The summed E-state index contributed by atoms with van der Waals surface area (Å²) >= 11 is 0. The average Bonchev–Trinajstić information content (AvgIpc) is 2.70. The highest BCUT2D eigenvalue weighted by molar-refractivity contribution is 5.85. The van der Waals surface area contributed by atoms with Gasteiger partial charge in [0.2, 0.25) is 0 Å². The summed E-state index contributed by atoms with van der Waals surface area (Å²) in [6, 6.07) is 8.88. The van der Waals surface area contributed by atoms with Crippen LogP contribution < -0.4 is 5.32 Å². The van der Waals surface area contributed by atoms with Gasteiger partial charge in [0.25, 0.3) is 0 Å². The lowest BCUT2D eigenvalue weighted by Crippen LogP contribution is -2.20. The van der Waals surface area contributed by atoms with Crippen molar-refractivity contribution in [2.24, 2.45) is 4.99 Å². The Hall–Kier alpha value is -1.31. The van der Waals surface area contributed by atoms with Crippen molar-refractivity contribution < 1.29 is 0 Å². The summed E-state index contributed by atoms with van der Waals surface area (Å²) in [5.74, 6) is 1.13. The van der Waals surface area contributed by atoms with E-state index in [1.165, 1.54) is 11.1 Å². The molecule has 2 heteroatoms. The van der Waals surface area contributed by atoms with Crippen molar-refractivity contribution >= 4 is 5.84 Å². The summed E-state index contributed by atoms with van der Waals surface area (Å²) in [5.41, 5.74) is 2.96. The molecule has 2 rings (SSSR count). The fourth-order valence-electron chi connectivity index (χ4n) is 1.88. The fourth-order valence-corrected chi connectivity index (χ4v) is 1.88. The monoisotopic (exact) mass is 216 g/mol. The highest BCUT2D eigenvalue weighted by atomic mass is 15.1. The lowest BCUT2D eigenvalue weighted by Gasteiger charge is -2.19. The Morgan fingerprint density at radius 1 is 1.19 bits per heavy atom. The predicted octanol–water partition coefficient (Wildman–Crippen LogP) is 2.53. The SMILES string of the molecule is CC(C)(C)c1ccc(CC2=NCCN2)cc1. The van der Waals surface area contributed by atoms with Crippen molar-refractivity contribution in [2.75, 3.05) is 13.1 Å². The molecule has 0 spiro atoms.